The number of rotatable bonds is 2. The van der Waals surface area contributed by atoms with Crippen LogP contribution in [0.4, 0.5) is 11.4 Å². The van der Waals surface area contributed by atoms with Crippen molar-refractivity contribution in [1.82, 2.24) is 0 Å². The van der Waals surface area contributed by atoms with Crippen LogP contribution in [-0.2, 0) is 0 Å². The fourth-order valence-electron chi connectivity index (χ4n) is 1.51. The highest BCUT2D eigenvalue weighted by Crippen LogP contribution is 2.20. The van der Waals surface area contributed by atoms with Crippen LogP contribution in [0.3, 0.4) is 0 Å². The molecule has 2 rings (SSSR count). The van der Waals surface area contributed by atoms with Gasteiger partial charge in [0.2, 0.25) is 0 Å². The van der Waals surface area contributed by atoms with Gasteiger partial charge in [0.05, 0.1) is 11.4 Å². The summed E-state index contributed by atoms with van der Waals surface area (Å²) in [6.45, 7) is 6.25. The molecule has 0 saturated carbocycles. The third-order valence-electron chi connectivity index (χ3n) is 2.58. The summed E-state index contributed by atoms with van der Waals surface area (Å²) in [5.74, 6) is 6.55. The first kappa shape index (κ1) is 14.8. The number of hydrogen-bond acceptors (Lipinski definition) is 3. The first-order valence-electron chi connectivity index (χ1n) is 6.76. The van der Waals surface area contributed by atoms with Crippen molar-refractivity contribution in [3.05, 3.63) is 54.1 Å². The van der Waals surface area contributed by atoms with Gasteiger partial charge in [0.15, 0.2) is 0 Å². The molecule has 0 radical (unpaired) electrons. The van der Waals surface area contributed by atoms with Crippen LogP contribution in [0.5, 0.6) is 5.75 Å². The van der Waals surface area contributed by atoms with Crippen molar-refractivity contribution < 1.29 is 5.11 Å². The van der Waals surface area contributed by atoms with E-state index in [1.54, 1.807) is 24.3 Å². The van der Waals surface area contributed by atoms with E-state index in [-0.39, 0.29) is 11.2 Å². The van der Waals surface area contributed by atoms with E-state index in [0.29, 0.717) is 5.69 Å². The lowest BCUT2D eigenvalue weighted by Crippen LogP contribution is -1.99. The van der Waals surface area contributed by atoms with Gasteiger partial charge in [-0.2, -0.15) is 10.2 Å². The average Bonchev–Trinajstić information content (AvgIpc) is 2.45. The summed E-state index contributed by atoms with van der Waals surface area (Å²) in [5.41, 5.74) is 2.43. The molecule has 3 heteroatoms. The maximum absolute atomic E-state index is 9.19. The molecular formula is C18H18N2O. The monoisotopic (exact) mass is 278 g/mol. The predicted molar refractivity (Wildman–Crippen MR) is 85.1 cm³/mol. The molecule has 3 nitrogen and oxygen atoms in total. The normalized spacial score (nSPS) is 11.2. The van der Waals surface area contributed by atoms with Gasteiger partial charge in [0, 0.05) is 11.0 Å². The van der Waals surface area contributed by atoms with E-state index in [2.05, 4.69) is 42.8 Å². The van der Waals surface area contributed by atoms with Gasteiger partial charge in [0.25, 0.3) is 0 Å². The van der Waals surface area contributed by atoms with Gasteiger partial charge in [-0.3, -0.25) is 0 Å². The van der Waals surface area contributed by atoms with E-state index in [0.717, 1.165) is 11.3 Å². The molecule has 0 unspecified atom stereocenters. The zero-order valence-corrected chi connectivity index (χ0v) is 12.5. The number of phenolic OH excluding ortho intramolecular Hbond substituents is 1. The van der Waals surface area contributed by atoms with E-state index in [9.17, 15) is 5.11 Å². The Kier molecular flexibility index (Phi) is 4.39. The Hall–Kier alpha value is -2.60. The van der Waals surface area contributed by atoms with Crippen molar-refractivity contribution in [2.45, 2.75) is 20.8 Å². The first-order valence-corrected chi connectivity index (χ1v) is 6.76. The largest absolute Gasteiger partial charge is 0.508 e. The van der Waals surface area contributed by atoms with E-state index < -0.39 is 0 Å². The standard InChI is InChI=1S/C18H18N2O/c1-18(2,3)13-12-14-4-6-15(7-5-14)19-20-16-8-10-17(21)11-9-16/h4-11,21H,1-3H3. The fraction of sp³-hybridized carbons (Fsp3) is 0.222. The number of hydrogen-bond donors (Lipinski definition) is 1. The lowest BCUT2D eigenvalue weighted by Gasteiger charge is -2.06. The summed E-state index contributed by atoms with van der Waals surface area (Å²) in [6.07, 6.45) is 0. The minimum Gasteiger partial charge on any atom is -0.508 e. The number of phenols is 1. The molecule has 21 heavy (non-hydrogen) atoms. The molecule has 0 saturated heterocycles. The van der Waals surface area contributed by atoms with Gasteiger partial charge in [-0.05, 0) is 69.3 Å². The summed E-state index contributed by atoms with van der Waals surface area (Å²) < 4.78 is 0. The van der Waals surface area contributed by atoms with Crippen molar-refractivity contribution in [2.24, 2.45) is 15.6 Å². The van der Waals surface area contributed by atoms with Crippen LogP contribution in [0, 0.1) is 17.3 Å². The number of benzene rings is 2. The molecule has 0 aliphatic rings. The third-order valence-corrected chi connectivity index (χ3v) is 2.58. The fourth-order valence-corrected chi connectivity index (χ4v) is 1.51. The summed E-state index contributed by atoms with van der Waals surface area (Å²) >= 11 is 0. The quantitative estimate of drug-likeness (QED) is 0.595. The molecular weight excluding hydrogens is 260 g/mol. The Balaban J connectivity index is 2.08. The zero-order valence-electron chi connectivity index (χ0n) is 12.5. The molecule has 0 aliphatic carbocycles. The maximum atomic E-state index is 9.19. The third kappa shape index (κ3) is 5.12. The molecule has 1 N–H and O–H groups in total. The van der Waals surface area contributed by atoms with E-state index in [4.69, 9.17) is 0 Å². The Morgan fingerprint density at radius 2 is 1.29 bits per heavy atom. The number of aromatic hydroxyl groups is 1. The summed E-state index contributed by atoms with van der Waals surface area (Å²) in [7, 11) is 0. The Bertz CT molecular complexity index is 681. The van der Waals surface area contributed by atoms with E-state index in [1.807, 2.05) is 24.3 Å². The maximum Gasteiger partial charge on any atom is 0.115 e. The highest BCUT2D eigenvalue weighted by Gasteiger charge is 2.03. The van der Waals surface area contributed by atoms with E-state index >= 15 is 0 Å². The molecule has 0 fully saturated rings. The molecule has 2 aromatic carbocycles. The molecule has 0 heterocycles. The molecule has 0 atom stereocenters. The molecule has 0 amide bonds. The number of nitrogens with zero attached hydrogens (tertiary/aromatic N) is 2. The topological polar surface area (TPSA) is 45.0 Å². The van der Waals surface area contributed by atoms with Crippen LogP contribution in [-0.4, -0.2) is 5.11 Å². The second-order valence-electron chi connectivity index (χ2n) is 5.76. The molecule has 0 spiro atoms. The minimum atomic E-state index is -0.00273. The van der Waals surface area contributed by atoms with Crippen molar-refractivity contribution in [1.29, 1.82) is 0 Å². The second-order valence-corrected chi connectivity index (χ2v) is 5.76. The average molecular weight is 278 g/mol. The van der Waals surface area contributed by atoms with Gasteiger partial charge in [-0.1, -0.05) is 11.8 Å². The second kappa shape index (κ2) is 6.23. The molecule has 2 aromatic rings. The lowest BCUT2D eigenvalue weighted by atomic mass is 9.97. The SMILES string of the molecule is CC(C)(C)C#Cc1ccc(N=Nc2ccc(O)cc2)cc1. The van der Waals surface area contributed by atoms with Gasteiger partial charge < -0.3 is 5.11 Å². The summed E-state index contributed by atoms with van der Waals surface area (Å²) in [4.78, 5) is 0. The van der Waals surface area contributed by atoms with Crippen LogP contribution >= 0.6 is 0 Å². The van der Waals surface area contributed by atoms with Crippen LogP contribution in [0.15, 0.2) is 58.8 Å². The summed E-state index contributed by atoms with van der Waals surface area (Å²) in [5, 5.41) is 17.5. The molecule has 106 valence electrons. The Labute approximate surface area is 125 Å². The van der Waals surface area contributed by atoms with Gasteiger partial charge >= 0.3 is 0 Å². The van der Waals surface area contributed by atoms with Crippen LogP contribution in [0.25, 0.3) is 0 Å². The van der Waals surface area contributed by atoms with Gasteiger partial charge in [0.1, 0.15) is 5.75 Å². The minimum absolute atomic E-state index is 0.00273. The molecule has 0 bridgehead atoms. The summed E-state index contributed by atoms with van der Waals surface area (Å²) in [6, 6.07) is 14.2. The van der Waals surface area contributed by atoms with Crippen molar-refractivity contribution >= 4 is 11.4 Å². The van der Waals surface area contributed by atoms with E-state index in [1.165, 1.54) is 0 Å². The van der Waals surface area contributed by atoms with Crippen molar-refractivity contribution in [3.8, 4) is 17.6 Å². The molecule has 0 aromatic heterocycles. The Morgan fingerprint density at radius 3 is 1.76 bits per heavy atom. The number of azo groups is 1. The first-order chi connectivity index (χ1) is 9.92. The lowest BCUT2D eigenvalue weighted by molar-refractivity contribution is 0.475. The Morgan fingerprint density at radius 1 is 0.810 bits per heavy atom. The van der Waals surface area contributed by atoms with Gasteiger partial charge in [-0.15, -0.1) is 0 Å². The smallest absolute Gasteiger partial charge is 0.115 e. The van der Waals surface area contributed by atoms with Crippen LogP contribution in [0.1, 0.15) is 26.3 Å². The highest BCUT2D eigenvalue weighted by atomic mass is 16.3. The zero-order chi connectivity index (χ0) is 15.3. The predicted octanol–water partition coefficient (Wildman–Crippen LogP) is 5.21. The van der Waals surface area contributed by atoms with Crippen LogP contribution in [0.2, 0.25) is 0 Å². The van der Waals surface area contributed by atoms with Gasteiger partial charge in [-0.25, -0.2) is 0 Å². The van der Waals surface area contributed by atoms with Crippen molar-refractivity contribution in [2.75, 3.05) is 0 Å². The van der Waals surface area contributed by atoms with Crippen LogP contribution < -0.4 is 0 Å². The van der Waals surface area contributed by atoms with Crippen molar-refractivity contribution in [3.63, 3.8) is 0 Å². The highest BCUT2D eigenvalue weighted by molar-refractivity contribution is 5.46. The molecule has 0 aliphatic heterocycles.